The molecule has 0 spiro atoms. The summed E-state index contributed by atoms with van der Waals surface area (Å²) in [4.78, 5) is 0. The smallest absolute Gasteiger partial charge is 0.133 e. The van der Waals surface area contributed by atoms with E-state index in [2.05, 4.69) is 21.2 Å². The molecule has 5 heteroatoms. The minimum atomic E-state index is 0.617. The number of halogens is 3. The van der Waals surface area contributed by atoms with Gasteiger partial charge in [0.15, 0.2) is 0 Å². The van der Waals surface area contributed by atoms with E-state index in [0.717, 1.165) is 21.5 Å². The Bertz CT molecular complexity index is 569. The molecule has 2 aromatic carbocycles. The number of methoxy groups -OCH3 is 1. The predicted molar refractivity (Wildman–Crippen MR) is 84.5 cm³/mol. The number of nitrogens with one attached hydrogen (secondary N) is 1. The third-order valence-electron chi connectivity index (χ3n) is 2.58. The van der Waals surface area contributed by atoms with E-state index in [0.29, 0.717) is 16.6 Å². The number of benzene rings is 2. The lowest BCUT2D eigenvalue weighted by molar-refractivity contribution is 0.412. The van der Waals surface area contributed by atoms with E-state index in [-0.39, 0.29) is 0 Å². The first-order chi connectivity index (χ1) is 9.08. The highest BCUT2D eigenvalue weighted by atomic mass is 79.9. The molecule has 0 amide bonds. The number of rotatable bonds is 4. The Morgan fingerprint density at radius 3 is 2.37 bits per heavy atom. The van der Waals surface area contributed by atoms with Crippen LogP contribution in [0.5, 0.6) is 5.75 Å². The van der Waals surface area contributed by atoms with E-state index < -0.39 is 0 Å². The third kappa shape index (κ3) is 4.03. The number of hydrogen-bond donors (Lipinski definition) is 1. The SMILES string of the molecule is COc1ccc(CNc2cc(Cl)cc(Cl)c2)cc1Br. The summed E-state index contributed by atoms with van der Waals surface area (Å²) in [6.45, 7) is 0.680. The van der Waals surface area contributed by atoms with Gasteiger partial charge in [-0.3, -0.25) is 0 Å². The topological polar surface area (TPSA) is 21.3 Å². The van der Waals surface area contributed by atoms with Crippen molar-refractivity contribution in [2.75, 3.05) is 12.4 Å². The summed E-state index contributed by atoms with van der Waals surface area (Å²) >= 11 is 15.4. The van der Waals surface area contributed by atoms with Crippen LogP contribution in [0.25, 0.3) is 0 Å². The summed E-state index contributed by atoms with van der Waals surface area (Å²) in [6, 6.07) is 11.3. The standard InChI is InChI=1S/C14H12BrCl2NO/c1-19-14-3-2-9(4-13(14)15)8-18-12-6-10(16)5-11(17)7-12/h2-7,18H,8H2,1H3. The van der Waals surface area contributed by atoms with Gasteiger partial charge in [0.2, 0.25) is 0 Å². The molecule has 2 nitrogen and oxygen atoms in total. The molecule has 0 saturated carbocycles. The highest BCUT2D eigenvalue weighted by molar-refractivity contribution is 9.10. The summed E-state index contributed by atoms with van der Waals surface area (Å²) in [5, 5.41) is 4.51. The third-order valence-corrected chi connectivity index (χ3v) is 3.63. The van der Waals surface area contributed by atoms with Gasteiger partial charge in [-0.1, -0.05) is 29.3 Å². The van der Waals surface area contributed by atoms with Crippen molar-refractivity contribution in [2.24, 2.45) is 0 Å². The summed E-state index contributed by atoms with van der Waals surface area (Å²) in [5.74, 6) is 0.814. The first-order valence-electron chi connectivity index (χ1n) is 5.61. The van der Waals surface area contributed by atoms with E-state index in [4.69, 9.17) is 27.9 Å². The second-order valence-corrected chi connectivity index (χ2v) is 5.71. The molecule has 0 aliphatic carbocycles. The van der Waals surface area contributed by atoms with Crippen LogP contribution in [-0.2, 0) is 6.54 Å². The second kappa shape index (κ2) is 6.51. The maximum absolute atomic E-state index is 5.95. The van der Waals surface area contributed by atoms with Gasteiger partial charge in [-0.25, -0.2) is 0 Å². The van der Waals surface area contributed by atoms with Gasteiger partial charge >= 0.3 is 0 Å². The first-order valence-corrected chi connectivity index (χ1v) is 7.16. The Morgan fingerprint density at radius 2 is 1.79 bits per heavy atom. The van der Waals surface area contributed by atoms with E-state index >= 15 is 0 Å². The zero-order valence-electron chi connectivity index (χ0n) is 10.2. The van der Waals surface area contributed by atoms with E-state index in [1.165, 1.54) is 0 Å². The monoisotopic (exact) mass is 359 g/mol. The molecule has 0 fully saturated rings. The van der Waals surface area contributed by atoms with Crippen molar-refractivity contribution in [2.45, 2.75) is 6.54 Å². The van der Waals surface area contributed by atoms with Gasteiger partial charge in [-0.05, 0) is 51.8 Å². The number of ether oxygens (including phenoxy) is 1. The largest absolute Gasteiger partial charge is 0.496 e. The fourth-order valence-electron chi connectivity index (χ4n) is 1.68. The van der Waals surface area contributed by atoms with E-state index in [9.17, 15) is 0 Å². The van der Waals surface area contributed by atoms with Crippen molar-refractivity contribution in [1.82, 2.24) is 0 Å². The van der Waals surface area contributed by atoms with Crippen LogP contribution in [0.1, 0.15) is 5.56 Å². The predicted octanol–water partition coefficient (Wildman–Crippen LogP) is 5.38. The Morgan fingerprint density at radius 1 is 1.11 bits per heavy atom. The van der Waals surface area contributed by atoms with Crippen LogP contribution in [0, 0.1) is 0 Å². The molecule has 0 aromatic heterocycles. The molecule has 0 atom stereocenters. The van der Waals surface area contributed by atoms with Gasteiger partial charge in [0.05, 0.1) is 11.6 Å². The quantitative estimate of drug-likeness (QED) is 0.790. The molecule has 0 bridgehead atoms. The summed E-state index contributed by atoms with van der Waals surface area (Å²) in [6.07, 6.45) is 0. The van der Waals surface area contributed by atoms with Crippen LogP contribution in [0.3, 0.4) is 0 Å². The van der Waals surface area contributed by atoms with Crippen LogP contribution < -0.4 is 10.1 Å². The fraction of sp³-hybridized carbons (Fsp3) is 0.143. The molecular formula is C14H12BrCl2NO. The lowest BCUT2D eigenvalue weighted by Gasteiger charge is -2.09. The van der Waals surface area contributed by atoms with Gasteiger partial charge < -0.3 is 10.1 Å². The minimum Gasteiger partial charge on any atom is -0.496 e. The molecule has 0 aliphatic heterocycles. The molecule has 0 heterocycles. The van der Waals surface area contributed by atoms with Crippen molar-refractivity contribution >= 4 is 44.8 Å². The molecule has 0 aliphatic rings. The minimum absolute atomic E-state index is 0.617. The van der Waals surface area contributed by atoms with E-state index in [1.54, 1.807) is 13.2 Å². The second-order valence-electron chi connectivity index (χ2n) is 3.98. The Balaban J connectivity index is 2.08. The highest BCUT2D eigenvalue weighted by Crippen LogP contribution is 2.27. The molecule has 0 saturated heterocycles. The summed E-state index contributed by atoms with van der Waals surface area (Å²) < 4.78 is 6.12. The molecule has 19 heavy (non-hydrogen) atoms. The number of anilines is 1. The molecule has 100 valence electrons. The lowest BCUT2D eigenvalue weighted by Crippen LogP contribution is -1.99. The first kappa shape index (κ1) is 14.5. The molecular weight excluding hydrogens is 349 g/mol. The summed E-state index contributed by atoms with van der Waals surface area (Å²) in [7, 11) is 1.64. The van der Waals surface area contributed by atoms with Crippen LogP contribution in [0.4, 0.5) is 5.69 Å². The van der Waals surface area contributed by atoms with Crippen LogP contribution >= 0.6 is 39.1 Å². The van der Waals surface area contributed by atoms with Gasteiger partial charge in [-0.2, -0.15) is 0 Å². The fourth-order valence-corrected chi connectivity index (χ4v) is 2.79. The maximum Gasteiger partial charge on any atom is 0.133 e. The van der Waals surface area contributed by atoms with Gasteiger partial charge in [0.25, 0.3) is 0 Å². The van der Waals surface area contributed by atoms with Crippen molar-refractivity contribution < 1.29 is 4.74 Å². The van der Waals surface area contributed by atoms with Crippen molar-refractivity contribution in [3.8, 4) is 5.75 Å². The molecule has 2 aromatic rings. The molecule has 1 N–H and O–H groups in total. The molecule has 0 radical (unpaired) electrons. The lowest BCUT2D eigenvalue weighted by atomic mass is 10.2. The van der Waals surface area contributed by atoms with Gasteiger partial charge in [0.1, 0.15) is 5.75 Å². The zero-order chi connectivity index (χ0) is 13.8. The summed E-state index contributed by atoms with van der Waals surface area (Å²) in [5.41, 5.74) is 2.02. The van der Waals surface area contributed by atoms with Gasteiger partial charge in [-0.15, -0.1) is 0 Å². The van der Waals surface area contributed by atoms with Crippen molar-refractivity contribution in [3.05, 3.63) is 56.5 Å². The van der Waals surface area contributed by atoms with Crippen molar-refractivity contribution in [1.29, 1.82) is 0 Å². The highest BCUT2D eigenvalue weighted by Gasteiger charge is 2.02. The average Bonchev–Trinajstić information content (AvgIpc) is 2.35. The van der Waals surface area contributed by atoms with E-state index in [1.807, 2.05) is 30.3 Å². The zero-order valence-corrected chi connectivity index (χ0v) is 13.3. The Labute approximate surface area is 130 Å². The average molecular weight is 361 g/mol. The van der Waals surface area contributed by atoms with Crippen molar-refractivity contribution in [3.63, 3.8) is 0 Å². The van der Waals surface area contributed by atoms with Crippen LogP contribution in [0.15, 0.2) is 40.9 Å². The van der Waals surface area contributed by atoms with Crippen LogP contribution in [-0.4, -0.2) is 7.11 Å². The maximum atomic E-state index is 5.95. The normalized spacial score (nSPS) is 10.3. The van der Waals surface area contributed by atoms with Gasteiger partial charge in [0, 0.05) is 22.3 Å². The Kier molecular flexibility index (Phi) is 4.97. The van der Waals surface area contributed by atoms with Crippen LogP contribution in [0.2, 0.25) is 10.0 Å². The molecule has 2 rings (SSSR count). The number of hydrogen-bond acceptors (Lipinski definition) is 2. The molecule has 0 unspecified atom stereocenters. The Hall–Kier alpha value is -0.900.